The summed E-state index contributed by atoms with van der Waals surface area (Å²) in [5.74, 6) is -0.424. The molecule has 0 N–H and O–H groups in total. The lowest BCUT2D eigenvalue weighted by molar-refractivity contribution is -0.141. The van der Waals surface area contributed by atoms with Gasteiger partial charge in [0.15, 0.2) is 0 Å². The minimum absolute atomic E-state index is 0.213. The molecule has 1 rings (SSSR count). The second kappa shape index (κ2) is 6.41. The SMILES string of the molecule is CC(CC#N)OC(=O)/C=C/c1ccccc1. The van der Waals surface area contributed by atoms with Gasteiger partial charge in [-0.1, -0.05) is 30.3 Å². The zero-order valence-electron chi connectivity index (χ0n) is 9.09. The molecule has 1 aromatic rings. The molecule has 1 unspecified atom stereocenters. The Morgan fingerprint density at radius 2 is 2.19 bits per heavy atom. The summed E-state index contributed by atoms with van der Waals surface area (Å²) < 4.78 is 4.96. The molecule has 0 aliphatic rings. The number of rotatable bonds is 4. The molecule has 0 heterocycles. The van der Waals surface area contributed by atoms with Crippen LogP contribution < -0.4 is 0 Å². The second-order valence-electron chi connectivity index (χ2n) is 3.35. The average molecular weight is 215 g/mol. The van der Waals surface area contributed by atoms with Crippen LogP contribution >= 0.6 is 0 Å². The number of nitriles is 1. The minimum Gasteiger partial charge on any atom is -0.458 e. The molecule has 0 aliphatic heterocycles. The summed E-state index contributed by atoms with van der Waals surface area (Å²) in [4.78, 5) is 11.3. The van der Waals surface area contributed by atoms with Crippen molar-refractivity contribution in [3.05, 3.63) is 42.0 Å². The third-order valence-electron chi connectivity index (χ3n) is 1.91. The van der Waals surface area contributed by atoms with Gasteiger partial charge in [0.05, 0.1) is 12.5 Å². The van der Waals surface area contributed by atoms with Crippen LogP contribution in [0.4, 0.5) is 0 Å². The highest BCUT2D eigenvalue weighted by molar-refractivity contribution is 5.87. The number of hydrogen-bond donors (Lipinski definition) is 0. The van der Waals surface area contributed by atoms with E-state index in [1.807, 2.05) is 36.4 Å². The van der Waals surface area contributed by atoms with Crippen molar-refractivity contribution >= 4 is 12.0 Å². The lowest BCUT2D eigenvalue weighted by Gasteiger charge is -2.06. The molecule has 0 radical (unpaired) electrons. The second-order valence-corrected chi connectivity index (χ2v) is 3.35. The van der Waals surface area contributed by atoms with Gasteiger partial charge < -0.3 is 4.74 Å². The Morgan fingerprint density at radius 1 is 1.50 bits per heavy atom. The van der Waals surface area contributed by atoms with Crippen LogP contribution in [0.25, 0.3) is 6.08 Å². The number of nitrogens with zero attached hydrogens (tertiary/aromatic N) is 1. The number of esters is 1. The first-order valence-electron chi connectivity index (χ1n) is 5.03. The van der Waals surface area contributed by atoms with Crippen molar-refractivity contribution in [3.63, 3.8) is 0 Å². The van der Waals surface area contributed by atoms with E-state index in [9.17, 15) is 4.79 Å². The van der Waals surface area contributed by atoms with E-state index in [1.165, 1.54) is 6.08 Å². The monoisotopic (exact) mass is 215 g/mol. The quantitative estimate of drug-likeness (QED) is 0.573. The van der Waals surface area contributed by atoms with Crippen molar-refractivity contribution in [2.45, 2.75) is 19.4 Å². The fraction of sp³-hybridized carbons (Fsp3) is 0.231. The number of carbonyl (C=O) groups is 1. The van der Waals surface area contributed by atoms with Gasteiger partial charge in [-0.25, -0.2) is 4.79 Å². The van der Waals surface area contributed by atoms with Crippen LogP contribution in [0, 0.1) is 11.3 Å². The van der Waals surface area contributed by atoms with Crippen LogP contribution in [0.15, 0.2) is 36.4 Å². The molecular formula is C13H13NO2. The van der Waals surface area contributed by atoms with Gasteiger partial charge in [0, 0.05) is 6.08 Å². The van der Waals surface area contributed by atoms with Crippen LogP contribution in [-0.4, -0.2) is 12.1 Å². The maximum absolute atomic E-state index is 11.3. The van der Waals surface area contributed by atoms with Crippen LogP contribution in [0.3, 0.4) is 0 Å². The summed E-state index contributed by atoms with van der Waals surface area (Å²) in [7, 11) is 0. The van der Waals surface area contributed by atoms with Crippen LogP contribution in [0.5, 0.6) is 0 Å². The highest BCUT2D eigenvalue weighted by atomic mass is 16.5. The van der Waals surface area contributed by atoms with Gasteiger partial charge in [0.1, 0.15) is 6.10 Å². The zero-order chi connectivity index (χ0) is 11.8. The number of carbonyl (C=O) groups excluding carboxylic acids is 1. The Labute approximate surface area is 95.0 Å². The normalized spacial score (nSPS) is 12.0. The van der Waals surface area contributed by atoms with Crippen molar-refractivity contribution in [1.82, 2.24) is 0 Å². The highest BCUT2D eigenvalue weighted by Crippen LogP contribution is 2.02. The van der Waals surface area contributed by atoms with Gasteiger partial charge in [-0.05, 0) is 18.6 Å². The maximum Gasteiger partial charge on any atom is 0.331 e. The topological polar surface area (TPSA) is 50.1 Å². The van der Waals surface area contributed by atoms with Crippen molar-refractivity contribution in [2.24, 2.45) is 0 Å². The summed E-state index contributed by atoms with van der Waals surface area (Å²) in [6.45, 7) is 1.69. The van der Waals surface area contributed by atoms with Gasteiger partial charge in [-0.2, -0.15) is 5.26 Å². The fourth-order valence-corrected chi connectivity index (χ4v) is 1.14. The van der Waals surface area contributed by atoms with Crippen LogP contribution in [0.1, 0.15) is 18.9 Å². The fourth-order valence-electron chi connectivity index (χ4n) is 1.14. The van der Waals surface area contributed by atoms with Crippen LogP contribution in [-0.2, 0) is 9.53 Å². The van der Waals surface area contributed by atoms with E-state index < -0.39 is 5.97 Å². The van der Waals surface area contributed by atoms with Crippen molar-refractivity contribution in [3.8, 4) is 6.07 Å². The van der Waals surface area contributed by atoms with E-state index in [1.54, 1.807) is 13.0 Å². The molecule has 16 heavy (non-hydrogen) atoms. The molecular weight excluding hydrogens is 202 g/mol. The molecule has 0 saturated heterocycles. The standard InChI is InChI=1S/C13H13NO2/c1-11(9-10-14)16-13(15)8-7-12-5-3-2-4-6-12/h2-8,11H,9H2,1H3/b8-7+. The Bertz CT molecular complexity index is 404. The smallest absolute Gasteiger partial charge is 0.331 e. The van der Waals surface area contributed by atoms with Crippen molar-refractivity contribution in [2.75, 3.05) is 0 Å². The van der Waals surface area contributed by atoms with Crippen LogP contribution in [0.2, 0.25) is 0 Å². The predicted molar refractivity (Wildman–Crippen MR) is 61.3 cm³/mol. The third kappa shape index (κ3) is 4.43. The van der Waals surface area contributed by atoms with Gasteiger partial charge in [0.25, 0.3) is 0 Å². The lowest BCUT2D eigenvalue weighted by atomic mass is 10.2. The molecule has 3 nitrogen and oxygen atoms in total. The van der Waals surface area contributed by atoms with Gasteiger partial charge in [-0.15, -0.1) is 0 Å². The first-order chi connectivity index (χ1) is 7.72. The summed E-state index contributed by atoms with van der Waals surface area (Å²) >= 11 is 0. The Morgan fingerprint density at radius 3 is 2.81 bits per heavy atom. The van der Waals surface area contributed by atoms with Gasteiger partial charge in [0.2, 0.25) is 0 Å². The van der Waals surface area contributed by atoms with Gasteiger partial charge >= 0.3 is 5.97 Å². The molecule has 1 atom stereocenters. The molecule has 0 bridgehead atoms. The Hall–Kier alpha value is -2.08. The van der Waals surface area contributed by atoms with E-state index >= 15 is 0 Å². The molecule has 0 saturated carbocycles. The molecule has 1 aromatic carbocycles. The molecule has 82 valence electrons. The predicted octanol–water partition coefficient (Wildman–Crippen LogP) is 2.55. The molecule has 0 aliphatic carbocycles. The number of hydrogen-bond acceptors (Lipinski definition) is 3. The molecule has 3 heteroatoms. The third-order valence-corrected chi connectivity index (χ3v) is 1.91. The largest absolute Gasteiger partial charge is 0.458 e. The highest BCUT2D eigenvalue weighted by Gasteiger charge is 2.05. The first-order valence-corrected chi connectivity index (χ1v) is 5.03. The Balaban J connectivity index is 2.46. The van der Waals surface area contributed by atoms with E-state index in [0.717, 1.165) is 5.56 Å². The van der Waals surface area contributed by atoms with Crippen molar-refractivity contribution < 1.29 is 9.53 Å². The summed E-state index contributed by atoms with van der Waals surface area (Å²) in [5, 5.41) is 8.40. The summed E-state index contributed by atoms with van der Waals surface area (Å²) in [5.41, 5.74) is 0.937. The van der Waals surface area contributed by atoms with E-state index in [4.69, 9.17) is 10.00 Å². The summed E-state index contributed by atoms with van der Waals surface area (Å²) in [6, 6.07) is 11.4. The number of ether oxygens (including phenoxy) is 1. The molecule has 0 spiro atoms. The molecule has 0 aromatic heterocycles. The Kier molecular flexibility index (Phi) is 4.81. The maximum atomic E-state index is 11.3. The lowest BCUT2D eigenvalue weighted by Crippen LogP contribution is -2.11. The summed E-state index contributed by atoms with van der Waals surface area (Å²) in [6.07, 6.45) is 2.90. The minimum atomic E-state index is -0.424. The van der Waals surface area contributed by atoms with E-state index in [2.05, 4.69) is 0 Å². The number of benzene rings is 1. The first kappa shape index (κ1) is 12.0. The van der Waals surface area contributed by atoms with E-state index in [-0.39, 0.29) is 12.5 Å². The van der Waals surface area contributed by atoms with Crippen molar-refractivity contribution in [1.29, 1.82) is 5.26 Å². The zero-order valence-corrected chi connectivity index (χ0v) is 9.09. The van der Waals surface area contributed by atoms with E-state index in [0.29, 0.717) is 0 Å². The molecule has 0 amide bonds. The average Bonchev–Trinajstić information content (AvgIpc) is 2.28. The molecule has 0 fully saturated rings. The van der Waals surface area contributed by atoms with Gasteiger partial charge in [-0.3, -0.25) is 0 Å².